The first-order valence-corrected chi connectivity index (χ1v) is 8.23. The molecule has 0 N–H and O–H groups in total. The summed E-state index contributed by atoms with van der Waals surface area (Å²) in [5, 5.41) is 3.13. The van der Waals surface area contributed by atoms with Crippen LogP contribution in [0.2, 0.25) is 5.02 Å². The van der Waals surface area contributed by atoms with Crippen LogP contribution < -0.4 is 4.74 Å². The average molecular weight is 365 g/mol. The highest BCUT2D eigenvalue weighted by atomic mass is 35.5. The van der Waals surface area contributed by atoms with Gasteiger partial charge in [-0.3, -0.25) is 0 Å². The number of rotatable bonds is 3. The van der Waals surface area contributed by atoms with Gasteiger partial charge in [0.15, 0.2) is 0 Å². The van der Waals surface area contributed by atoms with Gasteiger partial charge in [0.05, 0.1) is 18.0 Å². The summed E-state index contributed by atoms with van der Waals surface area (Å²) in [5.41, 5.74) is 0.981. The molecule has 0 aliphatic rings. The van der Waals surface area contributed by atoms with Gasteiger partial charge in [-0.2, -0.15) is 0 Å². The third kappa shape index (κ3) is 2.93. The van der Waals surface area contributed by atoms with Gasteiger partial charge in [0.25, 0.3) is 0 Å². The van der Waals surface area contributed by atoms with Crippen LogP contribution in [0.25, 0.3) is 21.7 Å². The second-order valence-corrected chi connectivity index (χ2v) is 6.07. The summed E-state index contributed by atoms with van der Waals surface area (Å²) >= 11 is 6.02. The van der Waals surface area contributed by atoms with Gasteiger partial charge < -0.3 is 9.47 Å². The maximum absolute atomic E-state index is 12.2. The Morgan fingerprint density at radius 2 is 1.77 bits per heavy atom. The van der Waals surface area contributed by atoms with Crippen LogP contribution in [-0.2, 0) is 4.74 Å². The topological polar surface area (TPSA) is 61.3 Å². The van der Waals surface area contributed by atoms with Crippen LogP contribution in [-0.4, -0.2) is 23.0 Å². The SMILES string of the molecule is COC(=O)c1cc2ccccc2cc1Oc1ncnc2cc(Cl)ccc12. The molecule has 0 saturated carbocycles. The molecule has 0 atom stereocenters. The van der Waals surface area contributed by atoms with E-state index < -0.39 is 5.97 Å². The summed E-state index contributed by atoms with van der Waals surface area (Å²) < 4.78 is 10.9. The molecule has 0 aliphatic heterocycles. The highest BCUT2D eigenvalue weighted by molar-refractivity contribution is 6.31. The van der Waals surface area contributed by atoms with Gasteiger partial charge in [-0.25, -0.2) is 14.8 Å². The summed E-state index contributed by atoms with van der Waals surface area (Å²) in [6, 6.07) is 16.5. The molecule has 0 fully saturated rings. The molecule has 0 spiro atoms. The van der Waals surface area contributed by atoms with Crippen molar-refractivity contribution in [2.75, 3.05) is 7.11 Å². The summed E-state index contributed by atoms with van der Waals surface area (Å²) in [5.74, 6) is 0.227. The molecule has 0 unspecified atom stereocenters. The number of ether oxygens (including phenoxy) is 2. The number of halogens is 1. The van der Waals surface area contributed by atoms with Gasteiger partial charge in [0.1, 0.15) is 17.6 Å². The molecular weight excluding hydrogens is 352 g/mol. The molecule has 5 nitrogen and oxygen atoms in total. The normalized spacial score (nSPS) is 10.8. The average Bonchev–Trinajstić information content (AvgIpc) is 2.66. The predicted octanol–water partition coefficient (Wildman–Crippen LogP) is 5.02. The quantitative estimate of drug-likeness (QED) is 0.478. The summed E-state index contributed by atoms with van der Waals surface area (Å²) in [7, 11) is 1.34. The maximum Gasteiger partial charge on any atom is 0.341 e. The Hall–Kier alpha value is -3.18. The minimum Gasteiger partial charge on any atom is -0.465 e. The van der Waals surface area contributed by atoms with Crippen molar-refractivity contribution in [2.45, 2.75) is 0 Å². The molecule has 0 amide bonds. The molecular formula is C20H13ClN2O3. The lowest BCUT2D eigenvalue weighted by Crippen LogP contribution is -2.04. The number of aromatic nitrogens is 2. The van der Waals surface area contributed by atoms with Gasteiger partial charge in [-0.1, -0.05) is 35.9 Å². The Morgan fingerprint density at radius 1 is 1.00 bits per heavy atom. The van der Waals surface area contributed by atoms with E-state index in [0.717, 1.165) is 10.8 Å². The number of esters is 1. The minimum absolute atomic E-state index is 0.326. The van der Waals surface area contributed by atoms with Gasteiger partial charge in [-0.05, 0) is 41.1 Å². The van der Waals surface area contributed by atoms with Crippen LogP contribution in [0.4, 0.5) is 0 Å². The van der Waals surface area contributed by atoms with E-state index >= 15 is 0 Å². The van der Waals surface area contributed by atoms with Crippen LogP contribution in [0.15, 0.2) is 60.9 Å². The largest absolute Gasteiger partial charge is 0.465 e. The summed E-state index contributed by atoms with van der Waals surface area (Å²) in [6.07, 6.45) is 1.40. The summed E-state index contributed by atoms with van der Waals surface area (Å²) in [6.45, 7) is 0. The molecule has 0 bridgehead atoms. The molecule has 1 aromatic heterocycles. The Balaban J connectivity index is 1.88. The molecule has 3 aromatic carbocycles. The maximum atomic E-state index is 12.2. The van der Waals surface area contributed by atoms with Crippen LogP contribution >= 0.6 is 11.6 Å². The molecule has 0 aliphatic carbocycles. The van der Waals surface area contributed by atoms with Crippen molar-refractivity contribution in [3.63, 3.8) is 0 Å². The Labute approximate surface area is 154 Å². The number of benzene rings is 3. The molecule has 1 heterocycles. The second-order valence-electron chi connectivity index (χ2n) is 5.63. The smallest absolute Gasteiger partial charge is 0.341 e. The third-order valence-corrected chi connectivity index (χ3v) is 4.26. The number of methoxy groups -OCH3 is 1. The van der Waals surface area contributed by atoms with Crippen molar-refractivity contribution in [1.29, 1.82) is 0 Å². The van der Waals surface area contributed by atoms with E-state index in [0.29, 0.717) is 33.1 Å². The standard InChI is InChI=1S/C20H13ClN2O3/c1-25-20(24)16-8-12-4-2-3-5-13(12)9-18(16)26-19-15-7-6-14(21)10-17(15)22-11-23-19/h2-11H,1H3. The first kappa shape index (κ1) is 16.3. The van der Waals surface area contributed by atoms with Gasteiger partial charge >= 0.3 is 5.97 Å². The lowest BCUT2D eigenvalue weighted by molar-refractivity contribution is 0.0598. The first-order chi connectivity index (χ1) is 12.7. The van der Waals surface area contributed by atoms with E-state index in [1.807, 2.05) is 24.3 Å². The number of carbonyl (C=O) groups is 1. The van der Waals surface area contributed by atoms with E-state index in [2.05, 4.69) is 9.97 Å². The van der Waals surface area contributed by atoms with Gasteiger partial charge in [0, 0.05) is 5.02 Å². The zero-order valence-corrected chi connectivity index (χ0v) is 14.5. The fourth-order valence-corrected chi connectivity index (χ4v) is 2.93. The first-order valence-electron chi connectivity index (χ1n) is 7.85. The third-order valence-electron chi connectivity index (χ3n) is 4.02. The molecule has 4 aromatic rings. The molecule has 26 heavy (non-hydrogen) atoms. The highest BCUT2D eigenvalue weighted by Crippen LogP contribution is 2.33. The van der Waals surface area contributed by atoms with E-state index in [4.69, 9.17) is 21.1 Å². The lowest BCUT2D eigenvalue weighted by atomic mass is 10.1. The number of hydrogen-bond donors (Lipinski definition) is 0. The van der Waals surface area contributed by atoms with Crippen molar-refractivity contribution >= 4 is 39.2 Å². The molecule has 0 radical (unpaired) electrons. The van der Waals surface area contributed by atoms with E-state index in [9.17, 15) is 4.79 Å². The molecule has 0 saturated heterocycles. The fraction of sp³-hybridized carbons (Fsp3) is 0.0500. The minimum atomic E-state index is -0.479. The monoisotopic (exact) mass is 364 g/mol. The van der Waals surface area contributed by atoms with E-state index in [1.165, 1.54) is 13.4 Å². The van der Waals surface area contributed by atoms with Crippen molar-refractivity contribution in [2.24, 2.45) is 0 Å². The molecule has 6 heteroatoms. The Kier molecular flexibility index (Phi) is 4.14. The van der Waals surface area contributed by atoms with Crippen molar-refractivity contribution < 1.29 is 14.3 Å². The van der Waals surface area contributed by atoms with Crippen molar-refractivity contribution in [1.82, 2.24) is 9.97 Å². The van der Waals surface area contributed by atoms with Gasteiger partial charge in [-0.15, -0.1) is 0 Å². The number of nitrogens with zero attached hydrogens (tertiary/aromatic N) is 2. The second kappa shape index (κ2) is 6.61. The summed E-state index contributed by atoms with van der Waals surface area (Å²) in [4.78, 5) is 20.6. The Morgan fingerprint density at radius 3 is 2.54 bits per heavy atom. The highest BCUT2D eigenvalue weighted by Gasteiger charge is 2.17. The van der Waals surface area contributed by atoms with E-state index in [-0.39, 0.29) is 0 Å². The van der Waals surface area contributed by atoms with Crippen molar-refractivity contribution in [3.8, 4) is 11.6 Å². The number of hydrogen-bond acceptors (Lipinski definition) is 5. The van der Waals surface area contributed by atoms with Crippen LogP contribution in [0.1, 0.15) is 10.4 Å². The predicted molar refractivity (Wildman–Crippen MR) is 99.9 cm³/mol. The lowest BCUT2D eigenvalue weighted by Gasteiger charge is -2.12. The van der Waals surface area contributed by atoms with Crippen LogP contribution in [0.3, 0.4) is 0 Å². The zero-order valence-electron chi connectivity index (χ0n) is 13.8. The number of fused-ring (bicyclic) bond motifs is 2. The van der Waals surface area contributed by atoms with E-state index in [1.54, 1.807) is 30.3 Å². The van der Waals surface area contributed by atoms with Crippen LogP contribution in [0.5, 0.6) is 11.6 Å². The molecule has 128 valence electrons. The van der Waals surface area contributed by atoms with Crippen LogP contribution in [0, 0.1) is 0 Å². The number of carbonyl (C=O) groups excluding carboxylic acids is 1. The van der Waals surface area contributed by atoms with Gasteiger partial charge in [0.2, 0.25) is 5.88 Å². The fourth-order valence-electron chi connectivity index (χ4n) is 2.76. The van der Waals surface area contributed by atoms with Crippen molar-refractivity contribution in [3.05, 3.63) is 71.5 Å². The molecule has 4 rings (SSSR count). The zero-order chi connectivity index (χ0) is 18.1. The Bertz CT molecular complexity index is 1140.